The summed E-state index contributed by atoms with van der Waals surface area (Å²) in [6.07, 6.45) is 2.46. The van der Waals surface area contributed by atoms with Gasteiger partial charge in [0.2, 0.25) is 0 Å². The maximum atomic E-state index is 12.8. The average molecular weight is 342 g/mol. The number of hydrogen-bond acceptors (Lipinski definition) is 3. The number of benzene rings is 1. The van der Waals surface area contributed by atoms with Crippen molar-refractivity contribution in [3.8, 4) is 11.5 Å². The highest BCUT2D eigenvalue weighted by molar-refractivity contribution is 6.31. The van der Waals surface area contributed by atoms with Crippen molar-refractivity contribution in [3.05, 3.63) is 64.5 Å². The van der Waals surface area contributed by atoms with Crippen molar-refractivity contribution in [1.29, 1.82) is 0 Å². The molecule has 3 heterocycles. The van der Waals surface area contributed by atoms with Crippen molar-refractivity contribution in [1.82, 2.24) is 15.1 Å². The van der Waals surface area contributed by atoms with Gasteiger partial charge in [-0.05, 0) is 30.2 Å². The molecule has 0 saturated carbocycles. The summed E-state index contributed by atoms with van der Waals surface area (Å²) in [6, 6.07) is 11.0. The summed E-state index contributed by atoms with van der Waals surface area (Å²) in [5.74, 6) is 0.581. The zero-order chi connectivity index (χ0) is 16.7. The molecule has 2 aromatic heterocycles. The third-order valence-electron chi connectivity index (χ3n) is 4.28. The van der Waals surface area contributed by atoms with Crippen LogP contribution in [0, 0.1) is 0 Å². The Kier molecular flexibility index (Phi) is 3.65. The van der Waals surface area contributed by atoms with Gasteiger partial charge in [0.05, 0.1) is 12.3 Å². The summed E-state index contributed by atoms with van der Waals surface area (Å²) >= 11 is 6.44. The fourth-order valence-electron chi connectivity index (χ4n) is 3.29. The summed E-state index contributed by atoms with van der Waals surface area (Å²) in [4.78, 5) is 14.7. The first-order valence-electron chi connectivity index (χ1n) is 7.90. The van der Waals surface area contributed by atoms with Crippen molar-refractivity contribution in [3.63, 3.8) is 0 Å². The van der Waals surface area contributed by atoms with E-state index in [1.54, 1.807) is 6.26 Å². The van der Waals surface area contributed by atoms with E-state index in [9.17, 15) is 4.79 Å². The highest BCUT2D eigenvalue weighted by Crippen LogP contribution is 2.44. The van der Waals surface area contributed by atoms with E-state index in [4.69, 9.17) is 16.0 Å². The molecule has 0 fully saturated rings. The summed E-state index contributed by atoms with van der Waals surface area (Å²) in [7, 11) is 0. The molecule has 0 aliphatic carbocycles. The predicted octanol–water partition coefficient (Wildman–Crippen LogP) is 4.28. The molecule has 0 radical (unpaired) electrons. The van der Waals surface area contributed by atoms with Crippen LogP contribution in [0.15, 0.2) is 47.1 Å². The molecule has 1 atom stereocenters. The molecule has 0 saturated heterocycles. The van der Waals surface area contributed by atoms with E-state index in [0.717, 1.165) is 23.2 Å². The number of carbonyl (C=O) groups is 1. The van der Waals surface area contributed by atoms with Crippen LogP contribution in [0.4, 0.5) is 0 Å². The Hall–Kier alpha value is -2.53. The molecule has 1 amide bonds. The van der Waals surface area contributed by atoms with Crippen LogP contribution in [-0.2, 0) is 0 Å². The molecule has 3 aromatic rings. The van der Waals surface area contributed by atoms with Crippen LogP contribution in [-0.4, -0.2) is 27.5 Å². The minimum atomic E-state index is -0.264. The second-order valence-corrected chi connectivity index (χ2v) is 6.17. The maximum Gasteiger partial charge on any atom is 0.275 e. The van der Waals surface area contributed by atoms with Crippen LogP contribution in [0.5, 0.6) is 0 Å². The van der Waals surface area contributed by atoms with E-state index in [1.807, 2.05) is 48.2 Å². The molecule has 1 aliphatic rings. The monoisotopic (exact) mass is 341 g/mol. The minimum absolute atomic E-state index is 0.0779. The highest BCUT2D eigenvalue weighted by atomic mass is 35.5. The van der Waals surface area contributed by atoms with Gasteiger partial charge in [0.1, 0.15) is 5.69 Å². The molecule has 1 aromatic carbocycles. The molecule has 0 unspecified atom stereocenters. The van der Waals surface area contributed by atoms with Gasteiger partial charge in [-0.2, -0.15) is 5.10 Å². The lowest BCUT2D eigenvalue weighted by molar-refractivity contribution is 0.0744. The smallest absolute Gasteiger partial charge is 0.275 e. The number of nitrogens with zero attached hydrogens (tertiary/aromatic N) is 2. The van der Waals surface area contributed by atoms with Gasteiger partial charge in [0.15, 0.2) is 11.5 Å². The molecule has 1 aliphatic heterocycles. The molecule has 24 heavy (non-hydrogen) atoms. The zero-order valence-corrected chi connectivity index (χ0v) is 13.9. The zero-order valence-electron chi connectivity index (χ0n) is 13.1. The summed E-state index contributed by atoms with van der Waals surface area (Å²) in [6.45, 7) is 2.69. The second kappa shape index (κ2) is 5.83. The van der Waals surface area contributed by atoms with Gasteiger partial charge in [0.25, 0.3) is 5.91 Å². The number of halogens is 1. The van der Waals surface area contributed by atoms with Crippen LogP contribution in [0.2, 0.25) is 5.02 Å². The van der Waals surface area contributed by atoms with Gasteiger partial charge in [-0.1, -0.05) is 36.7 Å². The van der Waals surface area contributed by atoms with Crippen LogP contribution < -0.4 is 0 Å². The number of H-pyrrole nitrogens is 1. The van der Waals surface area contributed by atoms with Crippen LogP contribution >= 0.6 is 11.6 Å². The number of fused-ring (bicyclic) bond motifs is 1. The van der Waals surface area contributed by atoms with E-state index in [0.29, 0.717) is 23.0 Å². The van der Waals surface area contributed by atoms with Gasteiger partial charge >= 0.3 is 0 Å². The Morgan fingerprint density at radius 1 is 1.29 bits per heavy atom. The molecule has 4 rings (SSSR count). The number of hydrogen-bond donors (Lipinski definition) is 1. The Morgan fingerprint density at radius 2 is 2.12 bits per heavy atom. The van der Waals surface area contributed by atoms with Crippen LogP contribution in [0.1, 0.15) is 41.0 Å². The number of carbonyl (C=O) groups excluding carboxylic acids is 1. The number of amides is 1. The van der Waals surface area contributed by atoms with Gasteiger partial charge in [-0.15, -0.1) is 0 Å². The highest BCUT2D eigenvalue weighted by Gasteiger charge is 2.43. The Bertz CT molecular complexity index is 886. The third kappa shape index (κ3) is 2.16. The van der Waals surface area contributed by atoms with Crippen molar-refractivity contribution < 1.29 is 9.21 Å². The normalized spacial score (nSPS) is 16.7. The van der Waals surface area contributed by atoms with Gasteiger partial charge in [0, 0.05) is 17.1 Å². The number of aromatic amines is 1. The quantitative estimate of drug-likeness (QED) is 0.770. The van der Waals surface area contributed by atoms with Gasteiger partial charge in [-0.25, -0.2) is 0 Å². The minimum Gasteiger partial charge on any atom is -0.463 e. The second-order valence-electron chi connectivity index (χ2n) is 5.76. The average Bonchev–Trinajstić information content (AvgIpc) is 3.28. The van der Waals surface area contributed by atoms with Crippen LogP contribution in [0.3, 0.4) is 0 Å². The number of aromatic nitrogens is 2. The molecular formula is C18H16ClN3O2. The van der Waals surface area contributed by atoms with Gasteiger partial charge in [-0.3, -0.25) is 9.89 Å². The van der Waals surface area contributed by atoms with E-state index in [2.05, 4.69) is 10.2 Å². The first kappa shape index (κ1) is 15.0. The van der Waals surface area contributed by atoms with E-state index in [1.165, 1.54) is 0 Å². The molecular weight excluding hydrogens is 326 g/mol. The first-order chi connectivity index (χ1) is 11.7. The summed E-state index contributed by atoms with van der Waals surface area (Å²) < 4.78 is 5.51. The van der Waals surface area contributed by atoms with Crippen molar-refractivity contribution in [2.75, 3.05) is 6.54 Å². The molecule has 0 bridgehead atoms. The lowest BCUT2D eigenvalue weighted by Crippen LogP contribution is -2.30. The Labute approximate surface area is 144 Å². The number of nitrogens with one attached hydrogen (secondary N) is 1. The summed E-state index contributed by atoms with van der Waals surface area (Å²) in [5, 5.41) is 7.84. The SMILES string of the molecule is CCCN1C(=O)c2n[nH]c(-c3ccco3)c2[C@H]1c1ccccc1Cl. The fourth-order valence-corrected chi connectivity index (χ4v) is 3.53. The van der Waals surface area contributed by atoms with Crippen molar-refractivity contribution >= 4 is 17.5 Å². The number of rotatable bonds is 4. The van der Waals surface area contributed by atoms with Crippen molar-refractivity contribution in [2.45, 2.75) is 19.4 Å². The fraction of sp³-hybridized carbons (Fsp3) is 0.222. The van der Waals surface area contributed by atoms with Crippen molar-refractivity contribution in [2.24, 2.45) is 0 Å². The van der Waals surface area contributed by atoms with Crippen LogP contribution in [0.25, 0.3) is 11.5 Å². The standard InChI is InChI=1S/C18H16ClN3O2/c1-2-9-22-17(11-6-3-4-7-12(11)19)14-15(13-8-5-10-24-13)20-21-16(14)18(22)23/h3-8,10,17H,2,9H2,1H3,(H,20,21)/t17-/m1/s1. The Morgan fingerprint density at radius 3 is 2.83 bits per heavy atom. The lowest BCUT2D eigenvalue weighted by Gasteiger charge is -2.26. The third-order valence-corrected chi connectivity index (χ3v) is 4.63. The molecule has 5 nitrogen and oxygen atoms in total. The molecule has 122 valence electrons. The molecule has 0 spiro atoms. The largest absolute Gasteiger partial charge is 0.463 e. The van der Waals surface area contributed by atoms with E-state index < -0.39 is 0 Å². The van der Waals surface area contributed by atoms with Gasteiger partial charge < -0.3 is 9.32 Å². The maximum absolute atomic E-state index is 12.8. The Balaban J connectivity index is 1.93. The molecule has 1 N–H and O–H groups in total. The topological polar surface area (TPSA) is 62.1 Å². The lowest BCUT2D eigenvalue weighted by atomic mass is 9.98. The van der Waals surface area contributed by atoms with E-state index >= 15 is 0 Å². The number of furan rings is 1. The molecule has 6 heteroatoms. The van der Waals surface area contributed by atoms with E-state index in [-0.39, 0.29) is 11.9 Å². The first-order valence-corrected chi connectivity index (χ1v) is 8.27. The predicted molar refractivity (Wildman–Crippen MR) is 90.9 cm³/mol. The summed E-state index contributed by atoms with van der Waals surface area (Å²) in [5.41, 5.74) is 2.90.